The molecule has 0 unspecified atom stereocenters. The zero-order valence-electron chi connectivity index (χ0n) is 20.5. The average Bonchev–Trinajstić information content (AvgIpc) is 3.42. The van der Waals surface area contributed by atoms with E-state index in [9.17, 15) is 9.59 Å². The van der Waals surface area contributed by atoms with Crippen LogP contribution in [0.1, 0.15) is 16.7 Å². The van der Waals surface area contributed by atoms with E-state index in [-0.39, 0.29) is 17.2 Å². The number of hydrogen-bond donors (Lipinski definition) is 2. The smallest absolute Gasteiger partial charge is 0.283 e. The van der Waals surface area contributed by atoms with Gasteiger partial charge in [0.15, 0.2) is 10.3 Å². The molecule has 9 heteroatoms. The molecule has 3 heterocycles. The van der Waals surface area contributed by atoms with E-state index in [1.54, 1.807) is 4.57 Å². The maximum atomic E-state index is 13.8. The fraction of sp³-hybridized carbons (Fsp3) is 0.143. The van der Waals surface area contributed by atoms with E-state index in [0.29, 0.717) is 21.3 Å². The number of carbonyl (C=O) groups excluding carboxylic acids is 1. The number of rotatable bonds is 5. The van der Waals surface area contributed by atoms with Gasteiger partial charge in [-0.2, -0.15) is 0 Å². The van der Waals surface area contributed by atoms with Gasteiger partial charge in [0.05, 0.1) is 21.7 Å². The van der Waals surface area contributed by atoms with E-state index < -0.39 is 0 Å². The molecule has 2 N–H and O–H groups in total. The molecular weight excluding hydrogens is 502 g/mol. The lowest BCUT2D eigenvalue weighted by atomic mass is 10.1. The largest absolute Gasteiger partial charge is 0.349 e. The molecule has 37 heavy (non-hydrogen) atoms. The van der Waals surface area contributed by atoms with Crippen LogP contribution in [0.4, 0.5) is 5.13 Å². The van der Waals surface area contributed by atoms with Gasteiger partial charge in [-0.25, -0.2) is 9.97 Å². The Labute approximate surface area is 220 Å². The normalized spacial score (nSPS) is 11.5. The average molecular weight is 526 g/mol. The van der Waals surface area contributed by atoms with Crippen LogP contribution in [0.5, 0.6) is 0 Å². The van der Waals surface area contributed by atoms with Crippen LogP contribution in [0, 0.1) is 20.8 Å². The standard InChI is InChI=1S/C28H23N5O2S2/c1-15-8-9-21-22(13-15)37-27(30-21)31-23(34)14-36-28-32-24-19-6-4-5-7-20(19)29-25(24)26(35)33(28)18-11-16(2)10-17(3)12-18/h4-13,29H,14H2,1-3H3,(H,30,31,34). The van der Waals surface area contributed by atoms with Crippen molar-refractivity contribution in [1.82, 2.24) is 19.5 Å². The third-order valence-corrected chi connectivity index (χ3v) is 7.95. The first kappa shape index (κ1) is 23.4. The van der Waals surface area contributed by atoms with Crippen molar-refractivity contribution in [1.29, 1.82) is 0 Å². The lowest BCUT2D eigenvalue weighted by molar-refractivity contribution is -0.113. The van der Waals surface area contributed by atoms with Crippen LogP contribution in [0.25, 0.3) is 37.8 Å². The van der Waals surface area contributed by atoms with Crippen LogP contribution in [-0.2, 0) is 4.79 Å². The summed E-state index contributed by atoms with van der Waals surface area (Å²) in [6.07, 6.45) is 0. The number of aryl methyl sites for hydroxylation is 3. The number of benzene rings is 3. The molecule has 0 atom stereocenters. The Balaban J connectivity index is 1.38. The summed E-state index contributed by atoms with van der Waals surface area (Å²) in [6, 6.07) is 19.7. The molecule has 7 nitrogen and oxygen atoms in total. The number of aromatic nitrogens is 4. The summed E-state index contributed by atoms with van der Waals surface area (Å²) in [5, 5.41) is 4.79. The molecule has 1 amide bonds. The number of para-hydroxylation sites is 1. The minimum atomic E-state index is -0.207. The van der Waals surface area contributed by atoms with Gasteiger partial charge < -0.3 is 10.3 Å². The minimum absolute atomic E-state index is 0.0834. The highest BCUT2D eigenvalue weighted by Crippen LogP contribution is 2.29. The van der Waals surface area contributed by atoms with Gasteiger partial charge in [-0.3, -0.25) is 14.2 Å². The lowest BCUT2D eigenvalue weighted by Crippen LogP contribution is -2.23. The Bertz CT molecular complexity index is 1880. The van der Waals surface area contributed by atoms with Crippen molar-refractivity contribution in [2.24, 2.45) is 0 Å². The number of thioether (sulfide) groups is 1. The van der Waals surface area contributed by atoms with Gasteiger partial charge in [0.2, 0.25) is 5.91 Å². The quantitative estimate of drug-likeness (QED) is 0.209. The van der Waals surface area contributed by atoms with E-state index in [1.165, 1.54) is 23.1 Å². The maximum absolute atomic E-state index is 13.8. The molecule has 0 saturated carbocycles. The first-order valence-electron chi connectivity index (χ1n) is 11.8. The third-order valence-electron chi connectivity index (χ3n) is 6.08. The highest BCUT2D eigenvalue weighted by atomic mass is 32.2. The summed E-state index contributed by atoms with van der Waals surface area (Å²) in [4.78, 5) is 39.3. The van der Waals surface area contributed by atoms with E-state index in [1.807, 2.05) is 69.3 Å². The molecule has 0 aliphatic carbocycles. The first-order chi connectivity index (χ1) is 17.9. The summed E-state index contributed by atoms with van der Waals surface area (Å²) in [5.74, 6) is -0.124. The second-order valence-electron chi connectivity index (χ2n) is 9.10. The number of amides is 1. The number of aromatic amines is 1. The Morgan fingerprint density at radius 1 is 1.00 bits per heavy atom. The summed E-state index contributed by atoms with van der Waals surface area (Å²) >= 11 is 2.68. The van der Waals surface area contributed by atoms with E-state index in [0.717, 1.165) is 43.5 Å². The molecule has 0 spiro atoms. The fourth-order valence-corrected chi connectivity index (χ4v) is 6.30. The van der Waals surface area contributed by atoms with Crippen LogP contribution in [0.2, 0.25) is 0 Å². The van der Waals surface area contributed by atoms with Crippen molar-refractivity contribution >= 4 is 66.3 Å². The molecule has 0 fully saturated rings. The summed E-state index contributed by atoms with van der Waals surface area (Å²) < 4.78 is 2.62. The molecule has 0 bridgehead atoms. The van der Waals surface area contributed by atoms with Gasteiger partial charge in [0, 0.05) is 10.9 Å². The van der Waals surface area contributed by atoms with Crippen LogP contribution in [-0.4, -0.2) is 31.2 Å². The van der Waals surface area contributed by atoms with Crippen molar-refractivity contribution in [3.8, 4) is 5.69 Å². The second kappa shape index (κ2) is 9.17. The Morgan fingerprint density at radius 2 is 1.78 bits per heavy atom. The molecular formula is C28H23N5O2S2. The van der Waals surface area contributed by atoms with Gasteiger partial charge in [0.1, 0.15) is 11.0 Å². The number of anilines is 1. The van der Waals surface area contributed by atoms with Crippen LogP contribution >= 0.6 is 23.1 Å². The predicted octanol–water partition coefficient (Wildman–Crippen LogP) is 6.13. The molecule has 0 radical (unpaired) electrons. The van der Waals surface area contributed by atoms with Crippen molar-refractivity contribution in [3.63, 3.8) is 0 Å². The lowest BCUT2D eigenvalue weighted by Gasteiger charge is -2.13. The molecule has 184 valence electrons. The molecule has 3 aromatic heterocycles. The monoisotopic (exact) mass is 525 g/mol. The molecule has 0 aliphatic rings. The zero-order chi connectivity index (χ0) is 25.7. The third kappa shape index (κ3) is 4.41. The van der Waals surface area contributed by atoms with Gasteiger partial charge in [-0.1, -0.05) is 53.4 Å². The number of nitrogens with one attached hydrogen (secondary N) is 2. The van der Waals surface area contributed by atoms with Crippen molar-refractivity contribution < 1.29 is 4.79 Å². The topological polar surface area (TPSA) is 92.7 Å². The number of nitrogens with zero attached hydrogens (tertiary/aromatic N) is 3. The van der Waals surface area contributed by atoms with Gasteiger partial charge in [0.25, 0.3) is 5.56 Å². The number of fused-ring (bicyclic) bond motifs is 4. The van der Waals surface area contributed by atoms with E-state index >= 15 is 0 Å². The van der Waals surface area contributed by atoms with Gasteiger partial charge >= 0.3 is 0 Å². The maximum Gasteiger partial charge on any atom is 0.283 e. The number of H-pyrrole nitrogens is 1. The van der Waals surface area contributed by atoms with Crippen molar-refractivity contribution in [2.45, 2.75) is 25.9 Å². The van der Waals surface area contributed by atoms with E-state index in [4.69, 9.17) is 4.98 Å². The summed E-state index contributed by atoms with van der Waals surface area (Å²) in [6.45, 7) is 6.02. The van der Waals surface area contributed by atoms with Crippen molar-refractivity contribution in [2.75, 3.05) is 11.1 Å². The summed E-state index contributed by atoms with van der Waals surface area (Å²) in [7, 11) is 0. The van der Waals surface area contributed by atoms with Gasteiger partial charge in [-0.15, -0.1) is 0 Å². The van der Waals surface area contributed by atoms with Crippen LogP contribution in [0.15, 0.2) is 70.6 Å². The van der Waals surface area contributed by atoms with Crippen LogP contribution < -0.4 is 10.9 Å². The van der Waals surface area contributed by atoms with Gasteiger partial charge in [-0.05, 0) is 67.8 Å². The Morgan fingerprint density at radius 3 is 2.59 bits per heavy atom. The molecule has 0 saturated heterocycles. The highest BCUT2D eigenvalue weighted by Gasteiger charge is 2.19. The Kier molecular flexibility index (Phi) is 5.81. The molecule has 6 rings (SSSR count). The number of thiazole rings is 1. The number of carbonyl (C=O) groups is 1. The minimum Gasteiger partial charge on any atom is -0.349 e. The number of hydrogen-bond acceptors (Lipinski definition) is 6. The van der Waals surface area contributed by atoms with Crippen LogP contribution in [0.3, 0.4) is 0 Å². The first-order valence-corrected chi connectivity index (χ1v) is 13.6. The second-order valence-corrected chi connectivity index (χ2v) is 11.1. The molecule has 6 aromatic rings. The Hall–Kier alpha value is -3.95. The van der Waals surface area contributed by atoms with Crippen molar-refractivity contribution in [3.05, 3.63) is 87.7 Å². The van der Waals surface area contributed by atoms with E-state index in [2.05, 4.69) is 27.4 Å². The SMILES string of the molecule is Cc1cc(C)cc(-n2c(SCC(=O)Nc3nc4ccc(C)cc4s3)nc3c([nH]c4ccccc43)c2=O)c1. The zero-order valence-corrected chi connectivity index (χ0v) is 22.1. The highest BCUT2D eigenvalue weighted by molar-refractivity contribution is 7.99. The summed E-state index contributed by atoms with van der Waals surface area (Å²) in [5.41, 5.74) is 6.50. The molecule has 0 aliphatic heterocycles. The molecule has 3 aromatic carbocycles. The fourth-order valence-electron chi connectivity index (χ4n) is 4.52. The predicted molar refractivity (Wildman–Crippen MR) is 152 cm³/mol.